The zero-order valence-electron chi connectivity index (χ0n) is 12.6. The summed E-state index contributed by atoms with van der Waals surface area (Å²) in [6.07, 6.45) is 3.79. The number of ether oxygens (including phenoxy) is 2. The molecule has 3 nitrogen and oxygen atoms in total. The topological polar surface area (TPSA) is 30.5 Å². The molecule has 0 bridgehead atoms. The van der Waals surface area contributed by atoms with Gasteiger partial charge in [0.25, 0.3) is 0 Å². The molecule has 1 aromatic carbocycles. The number of nitrogens with one attached hydrogen (secondary N) is 1. The Balaban J connectivity index is 2.21. The summed E-state index contributed by atoms with van der Waals surface area (Å²) >= 11 is 2.07. The van der Waals surface area contributed by atoms with Crippen LogP contribution in [0.3, 0.4) is 0 Å². The van der Waals surface area contributed by atoms with Crippen LogP contribution < -0.4 is 14.8 Å². The van der Waals surface area contributed by atoms with Crippen LogP contribution in [0.25, 0.3) is 0 Å². The summed E-state index contributed by atoms with van der Waals surface area (Å²) in [4.78, 5) is 0. The molecule has 20 heavy (non-hydrogen) atoms. The molecule has 1 N–H and O–H groups in total. The fourth-order valence-corrected chi connectivity index (χ4v) is 4.12. The van der Waals surface area contributed by atoms with E-state index in [-0.39, 0.29) is 6.04 Å². The van der Waals surface area contributed by atoms with Crippen molar-refractivity contribution in [2.45, 2.75) is 25.3 Å². The normalized spacial score (nSPS) is 17.8. The molecule has 1 aliphatic rings. The van der Waals surface area contributed by atoms with Gasteiger partial charge in [0.15, 0.2) is 0 Å². The lowest BCUT2D eigenvalue weighted by Gasteiger charge is -2.28. The molecule has 0 aliphatic carbocycles. The van der Waals surface area contributed by atoms with Gasteiger partial charge in [-0.3, -0.25) is 0 Å². The zero-order valence-corrected chi connectivity index (χ0v) is 13.5. The van der Waals surface area contributed by atoms with Crippen molar-refractivity contribution in [2.24, 2.45) is 5.92 Å². The number of methoxy groups -OCH3 is 2. The number of rotatable bonds is 6. The smallest absolute Gasteiger partial charge is 0.127 e. The van der Waals surface area contributed by atoms with Crippen LogP contribution in [-0.4, -0.2) is 32.8 Å². The fraction of sp³-hybridized carbons (Fsp3) is 0.625. The van der Waals surface area contributed by atoms with Crippen molar-refractivity contribution in [1.82, 2.24) is 5.32 Å². The number of hydrogen-bond acceptors (Lipinski definition) is 4. The third-order valence-electron chi connectivity index (χ3n) is 4.07. The molecule has 0 spiro atoms. The maximum Gasteiger partial charge on any atom is 0.127 e. The highest BCUT2D eigenvalue weighted by molar-refractivity contribution is 7.99. The SMILES string of the molecule is CNC(CC1CCSCC1)c1c(OC)cccc1OC. The van der Waals surface area contributed by atoms with Crippen molar-refractivity contribution < 1.29 is 9.47 Å². The molecule has 1 atom stereocenters. The Kier molecular flexibility index (Phi) is 6.05. The lowest BCUT2D eigenvalue weighted by molar-refractivity contribution is 0.343. The van der Waals surface area contributed by atoms with Gasteiger partial charge >= 0.3 is 0 Å². The van der Waals surface area contributed by atoms with Crippen molar-refractivity contribution in [2.75, 3.05) is 32.8 Å². The Bertz CT molecular complexity index is 397. The third-order valence-corrected chi connectivity index (χ3v) is 5.12. The summed E-state index contributed by atoms with van der Waals surface area (Å²) in [6, 6.07) is 6.29. The maximum atomic E-state index is 5.54. The molecule has 1 saturated heterocycles. The molecule has 1 aromatic rings. The predicted octanol–water partition coefficient (Wildman–Crippen LogP) is 3.50. The first-order valence-electron chi connectivity index (χ1n) is 7.26. The summed E-state index contributed by atoms with van der Waals surface area (Å²) in [5, 5.41) is 3.45. The number of thioether (sulfide) groups is 1. The van der Waals surface area contributed by atoms with E-state index in [4.69, 9.17) is 9.47 Å². The van der Waals surface area contributed by atoms with E-state index in [9.17, 15) is 0 Å². The van der Waals surface area contributed by atoms with Crippen molar-refractivity contribution in [3.8, 4) is 11.5 Å². The van der Waals surface area contributed by atoms with Crippen LogP contribution in [0.2, 0.25) is 0 Å². The van der Waals surface area contributed by atoms with E-state index >= 15 is 0 Å². The molecule has 0 amide bonds. The van der Waals surface area contributed by atoms with Gasteiger partial charge in [0, 0.05) is 6.04 Å². The highest BCUT2D eigenvalue weighted by atomic mass is 32.2. The quantitative estimate of drug-likeness (QED) is 0.870. The van der Waals surface area contributed by atoms with E-state index < -0.39 is 0 Å². The highest BCUT2D eigenvalue weighted by Gasteiger charge is 2.24. The maximum absolute atomic E-state index is 5.54. The van der Waals surface area contributed by atoms with Gasteiger partial charge in [-0.1, -0.05) is 6.07 Å². The van der Waals surface area contributed by atoms with Gasteiger partial charge in [-0.2, -0.15) is 11.8 Å². The molecule has 1 fully saturated rings. The van der Waals surface area contributed by atoms with Crippen LogP contribution in [0.4, 0.5) is 0 Å². The van der Waals surface area contributed by atoms with Gasteiger partial charge in [-0.15, -0.1) is 0 Å². The molecular formula is C16H25NO2S. The van der Waals surface area contributed by atoms with Gasteiger partial charge in [0.05, 0.1) is 19.8 Å². The Morgan fingerprint density at radius 2 is 1.80 bits per heavy atom. The van der Waals surface area contributed by atoms with E-state index in [0.717, 1.165) is 29.4 Å². The first kappa shape index (κ1) is 15.5. The van der Waals surface area contributed by atoms with Gasteiger partial charge in [-0.05, 0) is 55.9 Å². The lowest BCUT2D eigenvalue weighted by atomic mass is 9.90. The van der Waals surface area contributed by atoms with Crippen LogP contribution in [-0.2, 0) is 0 Å². The van der Waals surface area contributed by atoms with E-state index in [1.807, 2.05) is 25.2 Å². The molecule has 0 radical (unpaired) electrons. The summed E-state index contributed by atoms with van der Waals surface area (Å²) in [5.41, 5.74) is 1.15. The van der Waals surface area contributed by atoms with Gasteiger partial charge < -0.3 is 14.8 Å². The minimum atomic E-state index is 0.286. The molecule has 0 saturated carbocycles. The Hall–Kier alpha value is -0.870. The minimum absolute atomic E-state index is 0.286. The minimum Gasteiger partial charge on any atom is -0.496 e. The second kappa shape index (κ2) is 7.79. The lowest BCUT2D eigenvalue weighted by Crippen LogP contribution is -2.23. The first-order valence-corrected chi connectivity index (χ1v) is 8.41. The van der Waals surface area contributed by atoms with Crippen LogP contribution in [0.5, 0.6) is 11.5 Å². The largest absolute Gasteiger partial charge is 0.496 e. The third kappa shape index (κ3) is 3.61. The molecule has 0 aromatic heterocycles. The summed E-state index contributed by atoms with van der Waals surface area (Å²) in [5.74, 6) is 5.21. The Morgan fingerprint density at radius 3 is 2.30 bits per heavy atom. The standard InChI is InChI=1S/C16H25NO2S/c1-17-13(11-12-7-9-20-10-8-12)16-14(18-2)5-4-6-15(16)19-3/h4-6,12-13,17H,7-11H2,1-3H3. The molecule has 1 unspecified atom stereocenters. The first-order chi connectivity index (χ1) is 9.80. The van der Waals surface area contributed by atoms with Crippen molar-refractivity contribution in [3.63, 3.8) is 0 Å². The van der Waals surface area contributed by atoms with E-state index in [1.165, 1.54) is 24.3 Å². The average molecular weight is 295 g/mol. The zero-order chi connectivity index (χ0) is 14.4. The average Bonchev–Trinajstić information content (AvgIpc) is 2.52. The van der Waals surface area contributed by atoms with E-state index in [2.05, 4.69) is 17.1 Å². The Labute approximate surface area is 126 Å². The molecule has 1 heterocycles. The Morgan fingerprint density at radius 1 is 1.20 bits per heavy atom. The van der Waals surface area contributed by atoms with Gasteiger partial charge in [0.2, 0.25) is 0 Å². The monoisotopic (exact) mass is 295 g/mol. The van der Waals surface area contributed by atoms with Crippen LogP contribution >= 0.6 is 11.8 Å². The van der Waals surface area contributed by atoms with Crippen LogP contribution in [0.1, 0.15) is 30.9 Å². The fourth-order valence-electron chi connectivity index (χ4n) is 2.92. The van der Waals surface area contributed by atoms with Crippen molar-refractivity contribution in [1.29, 1.82) is 0 Å². The number of benzene rings is 1. The van der Waals surface area contributed by atoms with E-state index in [0.29, 0.717) is 0 Å². The molecule has 2 rings (SSSR count). The second-order valence-electron chi connectivity index (χ2n) is 5.21. The summed E-state index contributed by atoms with van der Waals surface area (Å²) < 4.78 is 11.1. The summed E-state index contributed by atoms with van der Waals surface area (Å²) in [6.45, 7) is 0. The van der Waals surface area contributed by atoms with Gasteiger partial charge in [0.1, 0.15) is 11.5 Å². The van der Waals surface area contributed by atoms with Gasteiger partial charge in [-0.25, -0.2) is 0 Å². The van der Waals surface area contributed by atoms with Crippen molar-refractivity contribution in [3.05, 3.63) is 23.8 Å². The molecule has 4 heteroatoms. The van der Waals surface area contributed by atoms with E-state index in [1.54, 1.807) is 14.2 Å². The molecular weight excluding hydrogens is 270 g/mol. The second-order valence-corrected chi connectivity index (χ2v) is 6.43. The summed E-state index contributed by atoms with van der Waals surface area (Å²) in [7, 11) is 5.47. The highest BCUT2D eigenvalue weighted by Crippen LogP contribution is 2.39. The molecule has 1 aliphatic heterocycles. The van der Waals surface area contributed by atoms with Crippen LogP contribution in [0, 0.1) is 5.92 Å². The van der Waals surface area contributed by atoms with Crippen LogP contribution in [0.15, 0.2) is 18.2 Å². The molecule has 112 valence electrons. The van der Waals surface area contributed by atoms with Crippen molar-refractivity contribution >= 4 is 11.8 Å². The number of hydrogen-bond donors (Lipinski definition) is 1. The predicted molar refractivity (Wildman–Crippen MR) is 86.0 cm³/mol.